The van der Waals surface area contributed by atoms with E-state index < -0.39 is 0 Å². The molecule has 0 saturated heterocycles. The van der Waals surface area contributed by atoms with Crippen molar-refractivity contribution >= 4 is 34.2 Å². The fourth-order valence-corrected chi connectivity index (χ4v) is 2.71. The summed E-state index contributed by atoms with van der Waals surface area (Å²) >= 11 is 0. The van der Waals surface area contributed by atoms with Crippen molar-refractivity contribution in [3.8, 4) is 0 Å². The van der Waals surface area contributed by atoms with Gasteiger partial charge in [-0.2, -0.15) is 5.10 Å². The smallest absolute Gasteiger partial charge is 0.319 e. The first-order valence-electron chi connectivity index (χ1n) is 8.52. The summed E-state index contributed by atoms with van der Waals surface area (Å²) in [4.78, 5) is 24.2. The number of benzene rings is 2. The predicted molar refractivity (Wildman–Crippen MR) is 100 cm³/mol. The zero-order valence-corrected chi connectivity index (χ0v) is 14.3. The summed E-state index contributed by atoms with van der Waals surface area (Å²) in [6.45, 7) is 1.97. The summed E-state index contributed by atoms with van der Waals surface area (Å²) in [6.07, 6.45) is 2.08. The Balaban J connectivity index is 1.43. The van der Waals surface area contributed by atoms with Crippen LogP contribution in [0, 0.1) is 6.92 Å². The van der Waals surface area contributed by atoms with Gasteiger partial charge >= 0.3 is 6.03 Å². The van der Waals surface area contributed by atoms with E-state index in [2.05, 4.69) is 26.1 Å². The van der Waals surface area contributed by atoms with Crippen LogP contribution in [0.3, 0.4) is 0 Å². The number of anilines is 2. The molecule has 1 aliphatic carbocycles. The highest BCUT2D eigenvalue weighted by atomic mass is 16.2. The van der Waals surface area contributed by atoms with Gasteiger partial charge < -0.3 is 16.0 Å². The molecule has 3 aromatic rings. The monoisotopic (exact) mass is 349 g/mol. The summed E-state index contributed by atoms with van der Waals surface area (Å²) < 4.78 is 0. The first kappa shape index (κ1) is 16.1. The van der Waals surface area contributed by atoms with E-state index in [-0.39, 0.29) is 11.9 Å². The van der Waals surface area contributed by atoms with Crippen LogP contribution >= 0.6 is 0 Å². The normalized spacial score (nSPS) is 13.4. The molecule has 1 heterocycles. The number of aromatic amines is 1. The van der Waals surface area contributed by atoms with E-state index in [0.29, 0.717) is 23.1 Å². The van der Waals surface area contributed by atoms with Crippen LogP contribution < -0.4 is 16.0 Å². The Morgan fingerprint density at radius 2 is 1.73 bits per heavy atom. The van der Waals surface area contributed by atoms with Crippen molar-refractivity contribution < 1.29 is 9.59 Å². The quantitative estimate of drug-likeness (QED) is 0.581. The van der Waals surface area contributed by atoms with E-state index in [4.69, 9.17) is 0 Å². The molecule has 1 aromatic heterocycles. The first-order chi connectivity index (χ1) is 12.6. The second-order valence-electron chi connectivity index (χ2n) is 6.53. The van der Waals surface area contributed by atoms with Gasteiger partial charge in [0.1, 0.15) is 0 Å². The lowest BCUT2D eigenvalue weighted by molar-refractivity contribution is 0.102. The average molecular weight is 349 g/mol. The first-order valence-corrected chi connectivity index (χ1v) is 8.52. The van der Waals surface area contributed by atoms with Crippen LogP contribution in [0.4, 0.5) is 16.2 Å². The van der Waals surface area contributed by atoms with E-state index >= 15 is 0 Å². The van der Waals surface area contributed by atoms with Crippen LogP contribution in [0.2, 0.25) is 0 Å². The Bertz CT molecular complexity index is 973. The molecule has 26 heavy (non-hydrogen) atoms. The highest BCUT2D eigenvalue weighted by Crippen LogP contribution is 2.21. The second-order valence-corrected chi connectivity index (χ2v) is 6.53. The zero-order valence-electron chi connectivity index (χ0n) is 14.3. The van der Waals surface area contributed by atoms with Gasteiger partial charge in [0.25, 0.3) is 5.91 Å². The van der Waals surface area contributed by atoms with Gasteiger partial charge in [0, 0.05) is 22.8 Å². The number of carbonyl (C=O) groups is 2. The Morgan fingerprint density at radius 1 is 1.04 bits per heavy atom. The van der Waals surface area contributed by atoms with Gasteiger partial charge in [-0.15, -0.1) is 0 Å². The number of aryl methyl sites for hydroxylation is 1. The number of aromatic nitrogens is 2. The molecule has 1 saturated carbocycles. The molecule has 7 heteroatoms. The molecular formula is C19H19N5O2. The molecule has 0 spiro atoms. The lowest BCUT2D eigenvalue weighted by Gasteiger charge is -2.08. The maximum atomic E-state index is 12.5. The molecule has 1 fully saturated rings. The number of nitrogens with one attached hydrogen (secondary N) is 4. The molecule has 0 bridgehead atoms. The number of nitrogens with zero attached hydrogens (tertiary/aromatic N) is 1. The molecule has 4 N–H and O–H groups in total. The minimum Gasteiger partial charge on any atom is -0.335 e. The van der Waals surface area contributed by atoms with Crippen LogP contribution in [0.15, 0.2) is 42.5 Å². The zero-order chi connectivity index (χ0) is 18.1. The van der Waals surface area contributed by atoms with Crippen molar-refractivity contribution in [3.63, 3.8) is 0 Å². The van der Waals surface area contributed by atoms with Crippen molar-refractivity contribution in [2.45, 2.75) is 25.8 Å². The summed E-state index contributed by atoms with van der Waals surface area (Å²) in [5.74, 6) is -0.283. The summed E-state index contributed by atoms with van der Waals surface area (Å²) in [5, 5.41) is 16.2. The number of H-pyrrole nitrogens is 1. The number of amides is 3. The highest BCUT2D eigenvalue weighted by molar-refractivity contribution is 6.11. The van der Waals surface area contributed by atoms with Crippen molar-refractivity contribution in [2.24, 2.45) is 0 Å². The van der Waals surface area contributed by atoms with Gasteiger partial charge in [0.05, 0.1) is 5.52 Å². The molecule has 1 aliphatic rings. The number of urea groups is 1. The largest absolute Gasteiger partial charge is 0.335 e. The highest BCUT2D eigenvalue weighted by Gasteiger charge is 2.23. The minimum atomic E-state index is -0.283. The van der Waals surface area contributed by atoms with Gasteiger partial charge in [-0.1, -0.05) is 11.6 Å². The maximum absolute atomic E-state index is 12.5. The van der Waals surface area contributed by atoms with Crippen LogP contribution in [0.1, 0.15) is 28.9 Å². The van der Waals surface area contributed by atoms with Crippen LogP contribution in [0.5, 0.6) is 0 Å². The molecule has 4 rings (SSSR count). The van der Waals surface area contributed by atoms with Crippen LogP contribution in [-0.4, -0.2) is 28.2 Å². The Morgan fingerprint density at radius 3 is 2.42 bits per heavy atom. The Labute approximate surface area is 150 Å². The third-order valence-corrected chi connectivity index (χ3v) is 4.25. The number of fused-ring (bicyclic) bond motifs is 1. The summed E-state index contributed by atoms with van der Waals surface area (Å²) in [5.41, 5.74) is 3.54. The molecule has 2 aromatic carbocycles. The molecule has 0 atom stereocenters. The van der Waals surface area contributed by atoms with E-state index in [1.807, 2.05) is 25.1 Å². The van der Waals surface area contributed by atoms with Crippen molar-refractivity contribution in [1.29, 1.82) is 0 Å². The van der Waals surface area contributed by atoms with Gasteiger partial charge in [-0.3, -0.25) is 9.89 Å². The number of hydrogen-bond donors (Lipinski definition) is 4. The number of rotatable bonds is 4. The molecule has 0 radical (unpaired) electrons. The molecule has 0 unspecified atom stereocenters. The topological polar surface area (TPSA) is 98.9 Å². The standard InChI is InChI=1S/C19H19N5O2/c1-11-2-9-16-15(10-11)17(24-23-16)18(25)20-12-3-5-13(6-4-12)21-19(26)22-14-7-8-14/h2-6,9-10,14H,7-8H2,1H3,(H,20,25)(H,23,24)(H2,21,22,26). The molecular weight excluding hydrogens is 330 g/mol. The fraction of sp³-hybridized carbons (Fsp3) is 0.211. The predicted octanol–water partition coefficient (Wildman–Crippen LogP) is 3.41. The lowest BCUT2D eigenvalue weighted by atomic mass is 10.1. The van der Waals surface area contributed by atoms with Gasteiger partial charge in [0.2, 0.25) is 0 Å². The van der Waals surface area contributed by atoms with Crippen molar-refractivity contribution in [2.75, 3.05) is 10.6 Å². The van der Waals surface area contributed by atoms with E-state index in [1.165, 1.54) is 0 Å². The third-order valence-electron chi connectivity index (χ3n) is 4.25. The van der Waals surface area contributed by atoms with Crippen molar-refractivity contribution in [3.05, 3.63) is 53.7 Å². The molecule has 7 nitrogen and oxygen atoms in total. The van der Waals surface area contributed by atoms with E-state index in [1.54, 1.807) is 24.3 Å². The molecule has 3 amide bonds. The van der Waals surface area contributed by atoms with Crippen LogP contribution in [0.25, 0.3) is 10.9 Å². The summed E-state index contributed by atoms with van der Waals surface area (Å²) in [6, 6.07) is 12.9. The second kappa shape index (κ2) is 6.51. The van der Waals surface area contributed by atoms with E-state index in [9.17, 15) is 9.59 Å². The van der Waals surface area contributed by atoms with E-state index in [0.717, 1.165) is 29.3 Å². The number of carbonyl (C=O) groups excluding carboxylic acids is 2. The minimum absolute atomic E-state index is 0.206. The van der Waals surface area contributed by atoms with Crippen molar-refractivity contribution in [1.82, 2.24) is 15.5 Å². The van der Waals surface area contributed by atoms with Gasteiger partial charge in [0.15, 0.2) is 5.69 Å². The lowest BCUT2D eigenvalue weighted by Crippen LogP contribution is -2.30. The van der Waals surface area contributed by atoms with Gasteiger partial charge in [-0.05, 0) is 56.2 Å². The fourth-order valence-electron chi connectivity index (χ4n) is 2.71. The van der Waals surface area contributed by atoms with Crippen LogP contribution in [-0.2, 0) is 0 Å². The maximum Gasteiger partial charge on any atom is 0.319 e. The Kier molecular flexibility index (Phi) is 4.04. The number of hydrogen-bond acceptors (Lipinski definition) is 3. The average Bonchev–Trinajstić information content (AvgIpc) is 3.32. The SMILES string of the molecule is Cc1ccc2[nH]nc(C(=O)Nc3ccc(NC(=O)NC4CC4)cc3)c2c1. The third kappa shape index (κ3) is 3.51. The van der Waals surface area contributed by atoms with Gasteiger partial charge in [-0.25, -0.2) is 4.79 Å². The molecule has 132 valence electrons. The Hall–Kier alpha value is -3.35. The molecule has 0 aliphatic heterocycles. The summed E-state index contributed by atoms with van der Waals surface area (Å²) in [7, 11) is 0.